The van der Waals surface area contributed by atoms with Crippen molar-refractivity contribution in [2.45, 2.75) is 38.8 Å². The SMILES string of the molecule is CC(NCC(C)N1CCCC1)c1ccc(I)cc1. The first kappa shape index (κ1) is 14.3. The second-order valence-electron chi connectivity index (χ2n) is 5.27. The van der Waals surface area contributed by atoms with Crippen LogP contribution in [0.5, 0.6) is 0 Å². The van der Waals surface area contributed by atoms with Crippen LogP contribution in [0, 0.1) is 3.57 Å². The second-order valence-corrected chi connectivity index (χ2v) is 6.52. The van der Waals surface area contributed by atoms with E-state index >= 15 is 0 Å². The lowest BCUT2D eigenvalue weighted by Gasteiger charge is -2.26. The van der Waals surface area contributed by atoms with Gasteiger partial charge in [-0.05, 0) is 80.1 Å². The van der Waals surface area contributed by atoms with Gasteiger partial charge in [0.15, 0.2) is 0 Å². The number of nitrogens with one attached hydrogen (secondary N) is 1. The first-order valence-electron chi connectivity index (χ1n) is 6.89. The molecule has 1 aromatic rings. The number of hydrogen-bond donors (Lipinski definition) is 1. The third kappa shape index (κ3) is 3.93. The zero-order valence-corrected chi connectivity index (χ0v) is 13.5. The van der Waals surface area contributed by atoms with E-state index in [0.29, 0.717) is 12.1 Å². The number of hydrogen-bond acceptors (Lipinski definition) is 2. The zero-order valence-electron chi connectivity index (χ0n) is 11.3. The van der Waals surface area contributed by atoms with E-state index in [1.165, 1.54) is 35.1 Å². The Kier molecular flexibility index (Phi) is 5.45. The summed E-state index contributed by atoms with van der Waals surface area (Å²) < 4.78 is 1.30. The van der Waals surface area contributed by atoms with Crippen molar-refractivity contribution in [2.75, 3.05) is 19.6 Å². The van der Waals surface area contributed by atoms with Gasteiger partial charge in [0.25, 0.3) is 0 Å². The molecule has 1 N–H and O–H groups in total. The Morgan fingerprint density at radius 2 is 1.78 bits per heavy atom. The molecule has 18 heavy (non-hydrogen) atoms. The van der Waals surface area contributed by atoms with E-state index in [2.05, 4.69) is 70.9 Å². The Balaban J connectivity index is 1.80. The van der Waals surface area contributed by atoms with Gasteiger partial charge in [-0.2, -0.15) is 0 Å². The smallest absolute Gasteiger partial charge is 0.0292 e. The lowest BCUT2D eigenvalue weighted by atomic mass is 10.1. The molecule has 0 bridgehead atoms. The average Bonchev–Trinajstić information content (AvgIpc) is 2.90. The molecule has 0 amide bonds. The van der Waals surface area contributed by atoms with Crippen molar-refractivity contribution in [3.63, 3.8) is 0 Å². The number of nitrogens with zero attached hydrogens (tertiary/aromatic N) is 1. The van der Waals surface area contributed by atoms with Gasteiger partial charge in [0, 0.05) is 22.2 Å². The lowest BCUT2D eigenvalue weighted by Crippen LogP contribution is -2.39. The van der Waals surface area contributed by atoms with Crippen molar-refractivity contribution in [2.24, 2.45) is 0 Å². The van der Waals surface area contributed by atoms with Crippen LogP contribution in [0.2, 0.25) is 0 Å². The minimum absolute atomic E-state index is 0.437. The molecule has 1 aromatic carbocycles. The summed E-state index contributed by atoms with van der Waals surface area (Å²) in [4.78, 5) is 2.59. The number of benzene rings is 1. The highest BCUT2D eigenvalue weighted by molar-refractivity contribution is 14.1. The fourth-order valence-electron chi connectivity index (χ4n) is 2.53. The molecule has 2 nitrogen and oxygen atoms in total. The van der Waals surface area contributed by atoms with Crippen LogP contribution in [-0.2, 0) is 0 Å². The van der Waals surface area contributed by atoms with Gasteiger partial charge in [-0.1, -0.05) is 12.1 Å². The zero-order chi connectivity index (χ0) is 13.0. The van der Waals surface area contributed by atoms with Crippen molar-refractivity contribution in [1.29, 1.82) is 0 Å². The van der Waals surface area contributed by atoms with Crippen molar-refractivity contribution in [3.05, 3.63) is 33.4 Å². The monoisotopic (exact) mass is 358 g/mol. The summed E-state index contributed by atoms with van der Waals surface area (Å²) >= 11 is 2.35. The van der Waals surface area contributed by atoms with Crippen LogP contribution in [0.25, 0.3) is 0 Å². The van der Waals surface area contributed by atoms with E-state index in [0.717, 1.165) is 6.54 Å². The highest BCUT2D eigenvalue weighted by Crippen LogP contribution is 2.15. The maximum atomic E-state index is 3.65. The molecule has 0 aliphatic carbocycles. The number of rotatable bonds is 5. The van der Waals surface area contributed by atoms with E-state index in [1.807, 2.05) is 0 Å². The molecule has 2 unspecified atom stereocenters. The Labute approximate surface area is 124 Å². The summed E-state index contributed by atoms with van der Waals surface area (Å²) in [7, 11) is 0. The molecule has 0 aromatic heterocycles. The van der Waals surface area contributed by atoms with Gasteiger partial charge in [-0.3, -0.25) is 4.90 Å². The maximum absolute atomic E-state index is 3.65. The van der Waals surface area contributed by atoms with Gasteiger partial charge in [0.2, 0.25) is 0 Å². The van der Waals surface area contributed by atoms with Crippen LogP contribution in [-0.4, -0.2) is 30.6 Å². The molecule has 0 saturated carbocycles. The minimum Gasteiger partial charge on any atom is -0.309 e. The minimum atomic E-state index is 0.437. The summed E-state index contributed by atoms with van der Waals surface area (Å²) in [5.41, 5.74) is 1.38. The van der Waals surface area contributed by atoms with Gasteiger partial charge in [0.05, 0.1) is 0 Å². The highest BCUT2D eigenvalue weighted by atomic mass is 127. The Bertz CT molecular complexity index is 357. The molecule has 1 saturated heterocycles. The highest BCUT2D eigenvalue weighted by Gasteiger charge is 2.18. The summed E-state index contributed by atoms with van der Waals surface area (Å²) in [5.74, 6) is 0. The molecule has 1 fully saturated rings. The Hall–Kier alpha value is -0.130. The van der Waals surface area contributed by atoms with Crippen LogP contribution >= 0.6 is 22.6 Å². The molecule has 0 radical (unpaired) electrons. The second kappa shape index (κ2) is 6.87. The maximum Gasteiger partial charge on any atom is 0.0292 e. The Morgan fingerprint density at radius 1 is 1.17 bits per heavy atom. The van der Waals surface area contributed by atoms with Crippen LogP contribution in [0.15, 0.2) is 24.3 Å². The predicted molar refractivity (Wildman–Crippen MR) is 85.8 cm³/mol. The lowest BCUT2D eigenvalue weighted by molar-refractivity contribution is 0.247. The van der Waals surface area contributed by atoms with Crippen LogP contribution in [0.4, 0.5) is 0 Å². The molecular weight excluding hydrogens is 335 g/mol. The molecule has 2 atom stereocenters. The molecule has 1 aliphatic heterocycles. The molecule has 100 valence electrons. The van der Waals surface area contributed by atoms with E-state index in [-0.39, 0.29) is 0 Å². The number of halogens is 1. The summed E-state index contributed by atoms with van der Waals surface area (Å²) in [5, 5.41) is 3.65. The van der Waals surface area contributed by atoms with Crippen LogP contribution < -0.4 is 5.32 Å². The topological polar surface area (TPSA) is 15.3 Å². The van der Waals surface area contributed by atoms with Gasteiger partial charge in [0.1, 0.15) is 0 Å². The van der Waals surface area contributed by atoms with Crippen molar-refractivity contribution in [1.82, 2.24) is 10.2 Å². The molecule has 3 heteroatoms. The molecule has 1 aliphatic rings. The normalized spacial score (nSPS) is 19.9. The van der Waals surface area contributed by atoms with Crippen LogP contribution in [0.3, 0.4) is 0 Å². The van der Waals surface area contributed by atoms with Crippen molar-refractivity contribution < 1.29 is 0 Å². The van der Waals surface area contributed by atoms with Gasteiger partial charge >= 0.3 is 0 Å². The van der Waals surface area contributed by atoms with Gasteiger partial charge in [-0.15, -0.1) is 0 Å². The molecule has 2 rings (SSSR count). The Morgan fingerprint density at radius 3 is 2.39 bits per heavy atom. The standard InChI is InChI=1S/C15H23IN2/c1-12(18-9-3-4-10-18)11-17-13(2)14-5-7-15(16)8-6-14/h5-8,12-13,17H,3-4,9-11H2,1-2H3. The number of likely N-dealkylation sites (tertiary alicyclic amines) is 1. The third-order valence-corrected chi connectivity index (χ3v) is 4.57. The van der Waals surface area contributed by atoms with Gasteiger partial charge < -0.3 is 5.32 Å². The van der Waals surface area contributed by atoms with Crippen LogP contribution in [0.1, 0.15) is 38.3 Å². The van der Waals surface area contributed by atoms with E-state index in [1.54, 1.807) is 0 Å². The fraction of sp³-hybridized carbons (Fsp3) is 0.600. The first-order chi connectivity index (χ1) is 8.66. The third-order valence-electron chi connectivity index (χ3n) is 3.85. The predicted octanol–water partition coefficient (Wildman–Crippen LogP) is 3.43. The van der Waals surface area contributed by atoms with E-state index < -0.39 is 0 Å². The summed E-state index contributed by atoms with van der Waals surface area (Å²) in [6, 6.07) is 9.89. The molecule has 0 spiro atoms. The van der Waals surface area contributed by atoms with E-state index in [4.69, 9.17) is 0 Å². The largest absolute Gasteiger partial charge is 0.309 e. The summed E-state index contributed by atoms with van der Waals surface area (Å²) in [6.07, 6.45) is 2.74. The first-order valence-corrected chi connectivity index (χ1v) is 7.97. The van der Waals surface area contributed by atoms with Crippen molar-refractivity contribution >= 4 is 22.6 Å². The summed E-state index contributed by atoms with van der Waals surface area (Å²) in [6.45, 7) is 8.21. The quantitative estimate of drug-likeness (QED) is 0.812. The fourth-order valence-corrected chi connectivity index (χ4v) is 2.89. The average molecular weight is 358 g/mol. The van der Waals surface area contributed by atoms with Crippen molar-refractivity contribution in [3.8, 4) is 0 Å². The van der Waals surface area contributed by atoms with E-state index in [9.17, 15) is 0 Å². The molecule has 1 heterocycles. The van der Waals surface area contributed by atoms with Gasteiger partial charge in [-0.25, -0.2) is 0 Å². The molecular formula is C15H23IN2.